The van der Waals surface area contributed by atoms with Gasteiger partial charge in [-0.2, -0.15) is 0 Å². The lowest BCUT2D eigenvalue weighted by atomic mass is 9.43. The molecule has 0 radical (unpaired) electrons. The fourth-order valence-corrected chi connectivity index (χ4v) is 9.10. The summed E-state index contributed by atoms with van der Waals surface area (Å²) < 4.78 is 5.17. The van der Waals surface area contributed by atoms with E-state index >= 15 is 0 Å². The van der Waals surface area contributed by atoms with Crippen molar-refractivity contribution in [1.29, 1.82) is 0 Å². The highest BCUT2D eigenvalue weighted by atomic mass is 16.5. The van der Waals surface area contributed by atoms with Crippen LogP contribution in [-0.2, 0) is 9.53 Å². The number of rotatable bonds is 6. The van der Waals surface area contributed by atoms with E-state index in [2.05, 4.69) is 33.8 Å². The van der Waals surface area contributed by atoms with Gasteiger partial charge in [-0.05, 0) is 98.7 Å². The summed E-state index contributed by atoms with van der Waals surface area (Å²) in [4.78, 5) is 11.9. The van der Waals surface area contributed by atoms with E-state index in [1.807, 2.05) is 6.92 Å². The Hall–Kier alpha value is -0.870. The molecular formula is C28H46O4. The van der Waals surface area contributed by atoms with Crippen LogP contribution in [0.2, 0.25) is 0 Å². The number of carbonyl (C=O) groups is 1. The van der Waals surface area contributed by atoms with E-state index in [4.69, 9.17) is 4.74 Å². The van der Waals surface area contributed by atoms with Crippen LogP contribution in [0.1, 0.15) is 92.4 Å². The molecular weight excluding hydrogens is 400 g/mol. The van der Waals surface area contributed by atoms with E-state index in [-0.39, 0.29) is 34.9 Å². The topological polar surface area (TPSA) is 66.8 Å². The molecule has 0 heterocycles. The molecule has 0 aromatic rings. The van der Waals surface area contributed by atoms with Crippen LogP contribution in [0, 0.1) is 46.3 Å². The highest BCUT2D eigenvalue weighted by Gasteiger charge is 2.63. The minimum absolute atomic E-state index is 0.0667. The molecule has 10 atom stereocenters. The highest BCUT2D eigenvalue weighted by molar-refractivity contribution is 5.69. The van der Waals surface area contributed by atoms with Crippen molar-refractivity contribution in [3.8, 4) is 0 Å². The Labute approximate surface area is 195 Å². The Kier molecular flexibility index (Phi) is 6.87. The Morgan fingerprint density at radius 2 is 1.88 bits per heavy atom. The normalized spacial score (nSPS) is 46.5. The summed E-state index contributed by atoms with van der Waals surface area (Å²) in [7, 11) is 0. The Morgan fingerprint density at radius 1 is 1.12 bits per heavy atom. The van der Waals surface area contributed by atoms with Crippen LogP contribution in [-0.4, -0.2) is 35.0 Å². The molecule has 4 rings (SSSR count). The zero-order valence-electron chi connectivity index (χ0n) is 21.0. The van der Waals surface area contributed by atoms with Crippen molar-refractivity contribution in [3.05, 3.63) is 11.6 Å². The molecule has 182 valence electrons. The van der Waals surface area contributed by atoms with Crippen molar-refractivity contribution in [1.82, 2.24) is 0 Å². The van der Waals surface area contributed by atoms with Gasteiger partial charge < -0.3 is 14.9 Å². The Bertz CT molecular complexity index is 731. The van der Waals surface area contributed by atoms with Crippen LogP contribution in [0.15, 0.2) is 11.6 Å². The van der Waals surface area contributed by atoms with Crippen LogP contribution in [0.5, 0.6) is 0 Å². The minimum atomic E-state index is -0.346. The molecule has 0 amide bonds. The van der Waals surface area contributed by atoms with Gasteiger partial charge in [-0.1, -0.05) is 39.3 Å². The minimum Gasteiger partial charge on any atom is -0.466 e. The van der Waals surface area contributed by atoms with E-state index in [0.717, 1.165) is 25.7 Å². The van der Waals surface area contributed by atoms with Crippen molar-refractivity contribution in [2.75, 3.05) is 6.61 Å². The van der Waals surface area contributed by atoms with Gasteiger partial charge in [-0.25, -0.2) is 0 Å². The summed E-state index contributed by atoms with van der Waals surface area (Å²) in [6.45, 7) is 11.8. The molecule has 4 unspecified atom stereocenters. The SMILES string of the molecule is CCOC(=O)CC[C@@H](C)[C@H]1CCC2C3C(CC[C@@]21C)[C@@]1(C)CCC(O)C=C1[C@H](CC)[C@H]3O. The predicted molar refractivity (Wildman–Crippen MR) is 127 cm³/mol. The van der Waals surface area contributed by atoms with E-state index in [9.17, 15) is 15.0 Å². The summed E-state index contributed by atoms with van der Waals surface area (Å²) in [5.41, 5.74) is 1.73. The second-order valence-corrected chi connectivity index (χ2v) is 12.0. The maximum Gasteiger partial charge on any atom is 0.305 e. The summed E-state index contributed by atoms with van der Waals surface area (Å²) in [6.07, 6.45) is 10.6. The lowest BCUT2D eigenvalue weighted by Gasteiger charge is -2.62. The standard InChI is InChI=1S/C28H46O4/c1-6-19-23-16-18(29)12-14-28(23,5)22-13-15-27(4)20(9-10-21(27)25(22)26(19)31)17(3)8-11-24(30)32-7-2/h16-22,25-26,29,31H,6-15H2,1-5H3/t17-,18?,19+,20-,21?,22?,25?,26-,27-,28-/m1/s1. The molecule has 2 N–H and O–H groups in total. The number of aliphatic hydroxyl groups excluding tert-OH is 2. The molecule has 4 heteroatoms. The molecule has 0 aromatic carbocycles. The van der Waals surface area contributed by atoms with Gasteiger partial charge in [0.2, 0.25) is 0 Å². The van der Waals surface area contributed by atoms with Gasteiger partial charge in [0, 0.05) is 12.3 Å². The Balaban J connectivity index is 1.58. The van der Waals surface area contributed by atoms with E-state index in [1.54, 1.807) is 0 Å². The first-order valence-corrected chi connectivity index (χ1v) is 13.4. The molecule has 0 saturated heterocycles. The van der Waals surface area contributed by atoms with Gasteiger partial charge in [0.15, 0.2) is 0 Å². The largest absolute Gasteiger partial charge is 0.466 e. The number of esters is 1. The van der Waals surface area contributed by atoms with Gasteiger partial charge in [0.05, 0.1) is 18.8 Å². The summed E-state index contributed by atoms with van der Waals surface area (Å²) in [5, 5.41) is 22.1. The third kappa shape index (κ3) is 3.78. The third-order valence-electron chi connectivity index (χ3n) is 10.7. The van der Waals surface area contributed by atoms with Crippen LogP contribution < -0.4 is 0 Å². The van der Waals surface area contributed by atoms with Crippen molar-refractivity contribution in [3.63, 3.8) is 0 Å². The highest BCUT2D eigenvalue weighted by Crippen LogP contribution is 2.68. The van der Waals surface area contributed by atoms with Crippen molar-refractivity contribution in [2.45, 2.75) is 105 Å². The molecule has 32 heavy (non-hydrogen) atoms. The fourth-order valence-electron chi connectivity index (χ4n) is 9.10. The van der Waals surface area contributed by atoms with Gasteiger partial charge in [-0.3, -0.25) is 4.79 Å². The van der Waals surface area contributed by atoms with E-state index in [1.165, 1.54) is 31.3 Å². The van der Waals surface area contributed by atoms with Gasteiger partial charge in [0.1, 0.15) is 0 Å². The van der Waals surface area contributed by atoms with E-state index in [0.29, 0.717) is 42.6 Å². The zero-order chi connectivity index (χ0) is 23.3. The average molecular weight is 447 g/mol. The number of hydrogen-bond donors (Lipinski definition) is 2. The molecule has 4 aliphatic rings. The molecule has 4 nitrogen and oxygen atoms in total. The zero-order valence-corrected chi connectivity index (χ0v) is 21.0. The molecule has 4 aliphatic carbocycles. The smallest absolute Gasteiger partial charge is 0.305 e. The average Bonchev–Trinajstić information content (AvgIpc) is 3.11. The van der Waals surface area contributed by atoms with Crippen molar-refractivity contribution >= 4 is 5.97 Å². The Morgan fingerprint density at radius 3 is 2.56 bits per heavy atom. The second kappa shape index (κ2) is 9.06. The van der Waals surface area contributed by atoms with Crippen LogP contribution in [0.3, 0.4) is 0 Å². The number of aliphatic hydroxyl groups is 2. The molecule has 0 aromatic heterocycles. The molecule has 0 bridgehead atoms. The summed E-state index contributed by atoms with van der Waals surface area (Å²) >= 11 is 0. The van der Waals surface area contributed by atoms with Gasteiger partial charge >= 0.3 is 5.97 Å². The van der Waals surface area contributed by atoms with Crippen LogP contribution >= 0.6 is 0 Å². The lowest BCUT2D eigenvalue weighted by Crippen LogP contribution is -2.58. The molecule has 3 saturated carbocycles. The molecule has 0 spiro atoms. The van der Waals surface area contributed by atoms with E-state index < -0.39 is 0 Å². The first-order chi connectivity index (χ1) is 15.2. The van der Waals surface area contributed by atoms with Gasteiger partial charge in [-0.15, -0.1) is 0 Å². The summed E-state index contributed by atoms with van der Waals surface area (Å²) in [5.74, 6) is 2.68. The lowest BCUT2D eigenvalue weighted by molar-refractivity contribution is -0.144. The van der Waals surface area contributed by atoms with Crippen LogP contribution in [0.25, 0.3) is 0 Å². The number of ether oxygens (including phenoxy) is 1. The first kappa shape index (κ1) is 24.3. The fraction of sp³-hybridized carbons (Fsp3) is 0.893. The maximum atomic E-state index is 11.9. The number of hydrogen-bond acceptors (Lipinski definition) is 4. The quantitative estimate of drug-likeness (QED) is 0.417. The number of fused-ring (bicyclic) bond motifs is 5. The molecule has 0 aliphatic heterocycles. The molecule has 3 fully saturated rings. The van der Waals surface area contributed by atoms with Crippen LogP contribution in [0.4, 0.5) is 0 Å². The maximum absolute atomic E-state index is 11.9. The summed E-state index contributed by atoms with van der Waals surface area (Å²) in [6, 6.07) is 0. The predicted octanol–water partition coefficient (Wildman–Crippen LogP) is 5.51. The number of carbonyl (C=O) groups excluding carboxylic acids is 1. The van der Waals surface area contributed by atoms with Gasteiger partial charge in [0.25, 0.3) is 0 Å². The van der Waals surface area contributed by atoms with Crippen molar-refractivity contribution < 1.29 is 19.7 Å². The monoisotopic (exact) mass is 446 g/mol. The first-order valence-electron chi connectivity index (χ1n) is 13.4. The van der Waals surface area contributed by atoms with Crippen molar-refractivity contribution in [2.24, 2.45) is 46.3 Å². The second-order valence-electron chi connectivity index (χ2n) is 12.0. The third-order valence-corrected chi connectivity index (χ3v) is 10.7.